The molecule has 2 aromatic rings. The average molecular weight is 336 g/mol. The minimum atomic E-state index is -1.53. The zero-order chi connectivity index (χ0) is 18.0. The predicted octanol–water partition coefficient (Wildman–Crippen LogP) is 2.58. The third-order valence-electron chi connectivity index (χ3n) is 3.81. The van der Waals surface area contributed by atoms with Crippen molar-refractivity contribution in [3.05, 3.63) is 57.9 Å². The first kappa shape index (κ1) is 17.8. The summed E-state index contributed by atoms with van der Waals surface area (Å²) in [5.41, 5.74) is 1.16. The molecular weight excluding hydrogens is 318 g/mol. The number of H-pyrrole nitrogens is 1. The third kappa shape index (κ3) is 3.35. The van der Waals surface area contributed by atoms with Crippen LogP contribution in [0.15, 0.2) is 18.2 Å². The Kier molecular flexibility index (Phi) is 5.14. The van der Waals surface area contributed by atoms with E-state index in [2.05, 4.69) is 10.3 Å². The van der Waals surface area contributed by atoms with Crippen LogP contribution >= 0.6 is 0 Å². The van der Waals surface area contributed by atoms with Gasteiger partial charge in [-0.05, 0) is 38.5 Å². The molecule has 0 saturated carbocycles. The molecule has 0 spiro atoms. The lowest BCUT2D eigenvalue weighted by atomic mass is 10.1. The number of aromatic nitrogens is 1. The van der Waals surface area contributed by atoms with Crippen molar-refractivity contribution in [2.24, 2.45) is 0 Å². The second-order valence-electron chi connectivity index (χ2n) is 5.54. The number of carbonyl (C=O) groups is 2. The number of rotatable bonds is 5. The molecule has 1 amide bonds. The van der Waals surface area contributed by atoms with Crippen LogP contribution in [-0.2, 0) is 0 Å². The van der Waals surface area contributed by atoms with Crippen molar-refractivity contribution in [3.8, 4) is 0 Å². The maximum absolute atomic E-state index is 13.6. The standard InChI is InChI=1S/C17H18F2N2O3/c1-8-14(10(3)22)9(2)21-16(8)17(24)20-7-13(23)15-11(18)5-4-6-12(15)19/h4-6,13,21,23H,7H2,1-3H3,(H,20,24). The van der Waals surface area contributed by atoms with Gasteiger partial charge in [-0.15, -0.1) is 0 Å². The van der Waals surface area contributed by atoms with Gasteiger partial charge in [0.15, 0.2) is 5.78 Å². The number of aromatic amines is 1. The molecule has 0 bridgehead atoms. The van der Waals surface area contributed by atoms with Gasteiger partial charge in [0.2, 0.25) is 0 Å². The molecule has 0 fully saturated rings. The van der Waals surface area contributed by atoms with Crippen LogP contribution in [0.5, 0.6) is 0 Å². The monoisotopic (exact) mass is 336 g/mol. The molecule has 1 atom stereocenters. The van der Waals surface area contributed by atoms with Gasteiger partial charge < -0.3 is 15.4 Å². The Morgan fingerprint density at radius 1 is 1.25 bits per heavy atom. The molecule has 128 valence electrons. The largest absolute Gasteiger partial charge is 0.386 e. The summed E-state index contributed by atoms with van der Waals surface area (Å²) in [7, 11) is 0. The molecule has 0 aliphatic carbocycles. The first-order valence-electron chi connectivity index (χ1n) is 7.34. The summed E-state index contributed by atoms with van der Waals surface area (Å²) in [5, 5.41) is 12.3. The molecule has 1 aromatic carbocycles. The van der Waals surface area contributed by atoms with E-state index in [4.69, 9.17) is 0 Å². The quantitative estimate of drug-likeness (QED) is 0.734. The third-order valence-corrected chi connectivity index (χ3v) is 3.81. The predicted molar refractivity (Wildman–Crippen MR) is 83.9 cm³/mol. The van der Waals surface area contributed by atoms with Gasteiger partial charge in [0.25, 0.3) is 5.91 Å². The highest BCUT2D eigenvalue weighted by atomic mass is 19.1. The zero-order valence-electron chi connectivity index (χ0n) is 13.5. The number of benzene rings is 1. The van der Waals surface area contributed by atoms with Crippen LogP contribution in [0, 0.1) is 25.5 Å². The van der Waals surface area contributed by atoms with Crippen molar-refractivity contribution >= 4 is 11.7 Å². The van der Waals surface area contributed by atoms with Gasteiger partial charge in [-0.3, -0.25) is 9.59 Å². The minimum absolute atomic E-state index is 0.172. The van der Waals surface area contributed by atoms with E-state index in [1.165, 1.54) is 13.0 Å². The Morgan fingerprint density at radius 3 is 2.33 bits per heavy atom. The Morgan fingerprint density at radius 2 is 1.83 bits per heavy atom. The number of hydrogen-bond acceptors (Lipinski definition) is 3. The fourth-order valence-corrected chi connectivity index (χ4v) is 2.71. The maximum Gasteiger partial charge on any atom is 0.268 e. The van der Waals surface area contributed by atoms with E-state index in [-0.39, 0.29) is 18.0 Å². The van der Waals surface area contributed by atoms with Gasteiger partial charge in [0.05, 0.1) is 5.56 Å². The summed E-state index contributed by atoms with van der Waals surface area (Å²) >= 11 is 0. The normalized spacial score (nSPS) is 12.1. The second-order valence-corrected chi connectivity index (χ2v) is 5.54. The van der Waals surface area contributed by atoms with Crippen LogP contribution in [0.4, 0.5) is 8.78 Å². The highest BCUT2D eigenvalue weighted by molar-refractivity contribution is 6.02. The number of ketones is 1. The van der Waals surface area contributed by atoms with E-state index in [9.17, 15) is 23.5 Å². The average Bonchev–Trinajstić information content (AvgIpc) is 2.79. The fraction of sp³-hybridized carbons (Fsp3) is 0.294. The molecule has 0 aliphatic rings. The van der Waals surface area contributed by atoms with Crippen molar-refractivity contribution in [1.29, 1.82) is 0 Å². The summed E-state index contributed by atoms with van der Waals surface area (Å²) < 4.78 is 27.2. The van der Waals surface area contributed by atoms with Crippen LogP contribution < -0.4 is 5.32 Å². The minimum Gasteiger partial charge on any atom is -0.386 e. The molecule has 1 aromatic heterocycles. The molecule has 1 unspecified atom stereocenters. The van der Waals surface area contributed by atoms with E-state index in [1.807, 2.05) is 0 Å². The summed E-state index contributed by atoms with van der Waals surface area (Å²) in [4.78, 5) is 26.6. The summed E-state index contributed by atoms with van der Waals surface area (Å²) in [5.74, 6) is -2.52. The zero-order valence-corrected chi connectivity index (χ0v) is 13.5. The highest BCUT2D eigenvalue weighted by Crippen LogP contribution is 2.21. The van der Waals surface area contributed by atoms with E-state index in [0.29, 0.717) is 16.8 Å². The summed E-state index contributed by atoms with van der Waals surface area (Å²) in [6, 6.07) is 3.25. The molecule has 5 nitrogen and oxygen atoms in total. The number of hydrogen-bond donors (Lipinski definition) is 3. The molecule has 0 aliphatic heterocycles. The number of carbonyl (C=O) groups excluding carboxylic acids is 2. The molecule has 1 heterocycles. The molecule has 3 N–H and O–H groups in total. The number of nitrogens with one attached hydrogen (secondary N) is 2. The summed E-state index contributed by atoms with van der Waals surface area (Å²) in [6.45, 7) is 4.32. The van der Waals surface area contributed by atoms with Crippen molar-refractivity contribution in [2.45, 2.75) is 26.9 Å². The molecule has 2 rings (SSSR count). The molecule has 0 saturated heterocycles. The molecule has 0 radical (unpaired) electrons. The first-order chi connectivity index (χ1) is 11.2. The number of halogens is 2. The second kappa shape index (κ2) is 6.92. The number of aryl methyl sites for hydroxylation is 1. The smallest absolute Gasteiger partial charge is 0.268 e. The number of aliphatic hydroxyl groups is 1. The lowest BCUT2D eigenvalue weighted by Crippen LogP contribution is -2.29. The molecular formula is C17H18F2N2O3. The van der Waals surface area contributed by atoms with Crippen LogP contribution in [0.1, 0.15) is 50.7 Å². The van der Waals surface area contributed by atoms with Gasteiger partial charge in [-0.25, -0.2) is 8.78 Å². The summed E-state index contributed by atoms with van der Waals surface area (Å²) in [6.07, 6.45) is -1.53. The van der Waals surface area contributed by atoms with Crippen molar-refractivity contribution in [1.82, 2.24) is 10.3 Å². The van der Waals surface area contributed by atoms with Gasteiger partial charge in [0, 0.05) is 17.8 Å². The molecule has 7 heteroatoms. The van der Waals surface area contributed by atoms with Crippen LogP contribution in [0.2, 0.25) is 0 Å². The SMILES string of the molecule is CC(=O)c1c(C)[nH]c(C(=O)NCC(O)c2c(F)cccc2F)c1C. The van der Waals surface area contributed by atoms with Gasteiger partial charge in [-0.1, -0.05) is 6.07 Å². The Bertz CT molecular complexity index is 779. The number of Topliss-reactive ketones (excluding diaryl/α,β-unsaturated/α-hetero) is 1. The number of aliphatic hydroxyl groups excluding tert-OH is 1. The van der Waals surface area contributed by atoms with Gasteiger partial charge in [-0.2, -0.15) is 0 Å². The highest BCUT2D eigenvalue weighted by Gasteiger charge is 2.22. The van der Waals surface area contributed by atoms with Gasteiger partial charge >= 0.3 is 0 Å². The van der Waals surface area contributed by atoms with Crippen LogP contribution in [-0.4, -0.2) is 28.3 Å². The topological polar surface area (TPSA) is 82.2 Å². The van der Waals surface area contributed by atoms with Crippen molar-refractivity contribution in [3.63, 3.8) is 0 Å². The maximum atomic E-state index is 13.6. The first-order valence-corrected chi connectivity index (χ1v) is 7.34. The molecule has 24 heavy (non-hydrogen) atoms. The lowest BCUT2D eigenvalue weighted by Gasteiger charge is -2.13. The van der Waals surface area contributed by atoms with E-state index in [1.54, 1.807) is 13.8 Å². The van der Waals surface area contributed by atoms with E-state index in [0.717, 1.165) is 12.1 Å². The van der Waals surface area contributed by atoms with Crippen LogP contribution in [0.3, 0.4) is 0 Å². The number of amides is 1. The van der Waals surface area contributed by atoms with Crippen molar-refractivity contribution < 1.29 is 23.5 Å². The Labute approximate surface area is 137 Å². The van der Waals surface area contributed by atoms with Gasteiger partial charge in [0.1, 0.15) is 23.4 Å². The van der Waals surface area contributed by atoms with Crippen LogP contribution in [0.25, 0.3) is 0 Å². The Balaban J connectivity index is 2.14. The van der Waals surface area contributed by atoms with E-state index >= 15 is 0 Å². The van der Waals surface area contributed by atoms with E-state index < -0.39 is 29.2 Å². The lowest BCUT2D eigenvalue weighted by molar-refractivity contribution is 0.0906. The Hall–Kier alpha value is -2.54. The van der Waals surface area contributed by atoms with Crippen molar-refractivity contribution in [2.75, 3.05) is 6.54 Å². The fourth-order valence-electron chi connectivity index (χ4n) is 2.71.